The second-order valence-electron chi connectivity index (χ2n) is 7.57. The van der Waals surface area contributed by atoms with Crippen molar-refractivity contribution in [3.05, 3.63) is 0 Å². The average Bonchev–Trinajstić information content (AvgIpc) is 3.12. The van der Waals surface area contributed by atoms with Gasteiger partial charge in [-0.2, -0.15) is 0 Å². The molecule has 2 aliphatic rings. The van der Waals surface area contributed by atoms with Gasteiger partial charge < -0.3 is 18.9 Å². The van der Waals surface area contributed by atoms with Crippen LogP contribution in [-0.2, 0) is 37.1 Å². The van der Waals surface area contributed by atoms with E-state index in [1.165, 1.54) is 7.11 Å². The predicted molar refractivity (Wildman–Crippen MR) is 105 cm³/mol. The molecule has 0 saturated carbocycles. The average molecular weight is 416 g/mol. The van der Waals surface area contributed by atoms with E-state index in [4.69, 9.17) is 48.2 Å². The van der Waals surface area contributed by atoms with Crippen LogP contribution in [0.3, 0.4) is 0 Å². The maximum absolute atomic E-state index is 13.0. The summed E-state index contributed by atoms with van der Waals surface area (Å²) < 4.78 is 51.8. The van der Waals surface area contributed by atoms with Gasteiger partial charge in [0.05, 0.1) is 37.6 Å². The van der Waals surface area contributed by atoms with Crippen LogP contribution in [0.5, 0.6) is 0 Å². The normalized spacial score (nSPS) is 35.7. The van der Waals surface area contributed by atoms with Crippen molar-refractivity contribution in [2.24, 2.45) is 0 Å². The van der Waals surface area contributed by atoms with Gasteiger partial charge in [0.2, 0.25) is 0 Å². The third-order valence-corrected chi connectivity index (χ3v) is 5.83. The van der Waals surface area contributed by atoms with E-state index < -0.39 is 38.1 Å². The van der Waals surface area contributed by atoms with Gasteiger partial charge in [0.25, 0.3) is 0 Å². The van der Waals surface area contributed by atoms with Gasteiger partial charge in [-0.3, -0.25) is 13.6 Å². The molecule has 1 unspecified atom stereocenters. The fourth-order valence-corrected chi connectivity index (χ4v) is 4.27. The molecule has 2 rings (SSSR count). The highest BCUT2D eigenvalue weighted by molar-refractivity contribution is 7.48. The van der Waals surface area contributed by atoms with Crippen LogP contribution < -0.4 is 0 Å². The van der Waals surface area contributed by atoms with Crippen molar-refractivity contribution in [2.75, 3.05) is 20.3 Å². The van der Waals surface area contributed by atoms with Crippen LogP contribution in [0.2, 0.25) is 0 Å². The minimum atomic E-state index is -3.86. The lowest BCUT2D eigenvalue weighted by atomic mass is 9.96. The van der Waals surface area contributed by atoms with Crippen LogP contribution in [0.25, 0.3) is 0 Å². The van der Waals surface area contributed by atoms with Crippen LogP contribution in [0.15, 0.2) is 0 Å². The number of phosphoric acid groups is 1. The Labute approximate surface area is 170 Å². The number of phosphoric ester groups is 1. The van der Waals surface area contributed by atoms with Crippen molar-refractivity contribution in [2.45, 2.75) is 89.2 Å². The van der Waals surface area contributed by atoms with Gasteiger partial charge in [0.1, 0.15) is 27.9 Å². The van der Waals surface area contributed by atoms with Crippen LogP contribution in [0.4, 0.5) is 0 Å². The first-order valence-corrected chi connectivity index (χ1v) is 11.2. The van der Waals surface area contributed by atoms with Gasteiger partial charge in [0.15, 0.2) is 0 Å². The van der Waals surface area contributed by atoms with Crippen molar-refractivity contribution in [3.8, 4) is 0 Å². The lowest BCUT2D eigenvalue weighted by Crippen LogP contribution is -2.32. The molecular formula is C17H31B2O8P. The molecule has 2 heterocycles. The number of hydrogen-bond donors (Lipinski definition) is 0. The van der Waals surface area contributed by atoms with E-state index in [0.29, 0.717) is 12.8 Å². The largest absolute Gasteiger partial charge is 0.474 e. The molecule has 7 atom stereocenters. The van der Waals surface area contributed by atoms with Gasteiger partial charge in [0, 0.05) is 19.1 Å². The summed E-state index contributed by atoms with van der Waals surface area (Å²) in [5.74, 6) is 0. The Morgan fingerprint density at radius 1 is 0.964 bits per heavy atom. The Balaban J connectivity index is 1.93. The van der Waals surface area contributed by atoms with E-state index in [0.717, 1.165) is 0 Å². The van der Waals surface area contributed by atoms with Crippen molar-refractivity contribution in [1.82, 2.24) is 0 Å². The smallest absolute Gasteiger partial charge is 0.380 e. The monoisotopic (exact) mass is 416 g/mol. The van der Waals surface area contributed by atoms with Gasteiger partial charge in [-0.1, -0.05) is 0 Å². The quantitative estimate of drug-likeness (QED) is 0.374. The SMILES string of the molecule is [B][C@H]1C[C@@H](OC(C)C)[C@@H](COP(=O)(OC)O[C@@H]2C[C@H]([B])O[C@@H]2COC(C)C)O1. The molecule has 2 saturated heterocycles. The zero-order valence-corrected chi connectivity index (χ0v) is 18.2. The highest BCUT2D eigenvalue weighted by Gasteiger charge is 2.42. The van der Waals surface area contributed by atoms with E-state index in [9.17, 15) is 4.57 Å². The molecule has 0 aromatic rings. The van der Waals surface area contributed by atoms with Crippen molar-refractivity contribution >= 4 is 23.5 Å². The Bertz CT molecular complexity index is 523. The molecule has 0 aromatic carbocycles. The van der Waals surface area contributed by atoms with Crippen LogP contribution in [-0.4, -0.2) is 84.6 Å². The molecule has 0 N–H and O–H groups in total. The van der Waals surface area contributed by atoms with Crippen LogP contribution >= 0.6 is 7.82 Å². The topological polar surface area (TPSA) is 81.7 Å². The standard InChI is InChI=1S/C17H31B2O8P/c1-10(2)22-8-14-13(7-17(19)25-14)27-28(20,21-5)23-9-15-12(24-11(3)4)6-16(18)26-15/h10-17H,6-9H2,1-5H3/t12-,13-,14-,15-,16-,17-,28?/m1/s1. The second kappa shape index (κ2) is 10.9. The summed E-state index contributed by atoms with van der Waals surface area (Å²) in [4.78, 5) is 0. The molecule has 0 spiro atoms. The first kappa shape index (κ1) is 24.4. The van der Waals surface area contributed by atoms with E-state index in [-0.39, 0.29) is 31.5 Å². The lowest BCUT2D eigenvalue weighted by molar-refractivity contribution is -0.0660. The number of rotatable bonds is 11. The van der Waals surface area contributed by atoms with E-state index in [1.54, 1.807) is 0 Å². The molecular weight excluding hydrogens is 385 g/mol. The summed E-state index contributed by atoms with van der Waals surface area (Å²) in [6, 6.07) is -0.991. The highest BCUT2D eigenvalue weighted by atomic mass is 31.2. The molecule has 158 valence electrons. The molecule has 0 aromatic heterocycles. The van der Waals surface area contributed by atoms with Crippen molar-refractivity contribution in [1.29, 1.82) is 0 Å². The zero-order valence-electron chi connectivity index (χ0n) is 17.3. The molecule has 4 radical (unpaired) electrons. The summed E-state index contributed by atoms with van der Waals surface area (Å²) in [7, 11) is 9.11. The third kappa shape index (κ3) is 7.40. The minimum absolute atomic E-state index is 0.00530. The van der Waals surface area contributed by atoms with Gasteiger partial charge >= 0.3 is 7.82 Å². The maximum atomic E-state index is 13.0. The summed E-state index contributed by atoms with van der Waals surface area (Å²) in [5.41, 5.74) is 0. The van der Waals surface area contributed by atoms with E-state index >= 15 is 0 Å². The number of ether oxygens (including phenoxy) is 4. The molecule has 8 nitrogen and oxygen atoms in total. The third-order valence-electron chi connectivity index (χ3n) is 4.38. The Hall–Kier alpha value is 0.0799. The predicted octanol–water partition coefficient (Wildman–Crippen LogP) is 1.93. The van der Waals surface area contributed by atoms with Crippen LogP contribution in [0.1, 0.15) is 40.5 Å². The molecule has 0 aliphatic carbocycles. The second-order valence-corrected chi connectivity index (χ2v) is 9.30. The molecule has 2 aliphatic heterocycles. The fourth-order valence-electron chi connectivity index (χ4n) is 3.14. The van der Waals surface area contributed by atoms with Crippen molar-refractivity contribution in [3.63, 3.8) is 0 Å². The van der Waals surface area contributed by atoms with E-state index in [1.807, 2.05) is 27.7 Å². The van der Waals surface area contributed by atoms with E-state index in [2.05, 4.69) is 0 Å². The lowest BCUT2D eigenvalue weighted by Gasteiger charge is -2.26. The summed E-state index contributed by atoms with van der Waals surface area (Å²) in [6.45, 7) is 7.90. The molecule has 11 heteroatoms. The maximum Gasteiger partial charge on any atom is 0.474 e. The Morgan fingerprint density at radius 2 is 1.54 bits per heavy atom. The number of hydrogen-bond acceptors (Lipinski definition) is 8. The highest BCUT2D eigenvalue weighted by Crippen LogP contribution is 2.52. The summed E-state index contributed by atoms with van der Waals surface area (Å²) in [6.07, 6.45) is -0.843. The first-order valence-electron chi connectivity index (χ1n) is 9.69. The molecule has 0 amide bonds. The molecule has 28 heavy (non-hydrogen) atoms. The Kier molecular flexibility index (Phi) is 9.49. The summed E-state index contributed by atoms with van der Waals surface area (Å²) in [5, 5.41) is 0. The van der Waals surface area contributed by atoms with Crippen molar-refractivity contribution < 1.29 is 37.1 Å². The molecule has 2 fully saturated rings. The van der Waals surface area contributed by atoms with Crippen LogP contribution in [0, 0.1) is 0 Å². The van der Waals surface area contributed by atoms with Gasteiger partial charge in [-0.05, 0) is 40.5 Å². The van der Waals surface area contributed by atoms with Gasteiger partial charge in [-0.25, -0.2) is 4.57 Å². The minimum Gasteiger partial charge on any atom is -0.380 e. The van der Waals surface area contributed by atoms with Gasteiger partial charge in [-0.15, -0.1) is 0 Å². The Morgan fingerprint density at radius 3 is 2.07 bits per heavy atom. The summed E-state index contributed by atoms with van der Waals surface area (Å²) >= 11 is 0. The zero-order chi connectivity index (χ0) is 20.9. The first-order chi connectivity index (χ1) is 13.1. The molecule has 0 bridgehead atoms. The fraction of sp³-hybridized carbons (Fsp3) is 1.00.